The van der Waals surface area contributed by atoms with Crippen molar-refractivity contribution >= 4 is 29.1 Å². The van der Waals surface area contributed by atoms with Gasteiger partial charge in [0.15, 0.2) is 0 Å². The molecule has 27 heavy (non-hydrogen) atoms. The summed E-state index contributed by atoms with van der Waals surface area (Å²) in [6, 6.07) is 17.6. The topological polar surface area (TPSA) is 43.9 Å². The van der Waals surface area contributed by atoms with Gasteiger partial charge in [0.05, 0.1) is 6.04 Å². The van der Waals surface area contributed by atoms with Gasteiger partial charge in [0.1, 0.15) is 0 Å². The van der Waals surface area contributed by atoms with Crippen molar-refractivity contribution in [3.8, 4) is 0 Å². The van der Waals surface area contributed by atoms with Gasteiger partial charge >= 0.3 is 11.8 Å². The van der Waals surface area contributed by atoms with E-state index in [0.717, 1.165) is 30.8 Å². The minimum Gasteiger partial charge on any atom is -0.368 e. The molecular weight excluding hydrogens is 362 g/mol. The molecule has 2 aliphatic heterocycles. The lowest BCUT2D eigenvalue weighted by Crippen LogP contribution is -2.56. The lowest BCUT2D eigenvalue weighted by atomic mass is 9.94. The monoisotopic (exact) mass is 383 g/mol. The summed E-state index contributed by atoms with van der Waals surface area (Å²) in [6.45, 7) is 3.24. The molecule has 2 saturated heterocycles. The third-order valence-corrected chi connectivity index (χ3v) is 5.66. The van der Waals surface area contributed by atoms with Crippen LogP contribution in [0.3, 0.4) is 0 Å². The van der Waals surface area contributed by atoms with Crippen LogP contribution < -0.4 is 4.90 Å². The SMILES string of the molecule is O=C(C(=O)N1CCC1c1ccc(Cl)cc1)N1CCN(c2ccccc2)CC1. The van der Waals surface area contributed by atoms with E-state index in [1.165, 1.54) is 0 Å². The van der Waals surface area contributed by atoms with E-state index in [0.29, 0.717) is 24.7 Å². The molecule has 140 valence electrons. The van der Waals surface area contributed by atoms with E-state index in [1.54, 1.807) is 9.80 Å². The Morgan fingerprint density at radius 2 is 1.48 bits per heavy atom. The van der Waals surface area contributed by atoms with Gasteiger partial charge in [0.25, 0.3) is 0 Å². The molecule has 2 aliphatic rings. The van der Waals surface area contributed by atoms with Crippen LogP contribution in [-0.2, 0) is 9.59 Å². The fourth-order valence-electron chi connectivity index (χ4n) is 3.73. The first-order valence-corrected chi connectivity index (χ1v) is 9.66. The number of para-hydroxylation sites is 1. The summed E-state index contributed by atoms with van der Waals surface area (Å²) in [6.07, 6.45) is 0.877. The Balaban J connectivity index is 1.36. The molecule has 1 atom stereocenters. The van der Waals surface area contributed by atoms with Crippen molar-refractivity contribution in [2.24, 2.45) is 0 Å². The maximum atomic E-state index is 12.7. The molecule has 2 aromatic rings. The number of carbonyl (C=O) groups is 2. The lowest BCUT2D eigenvalue weighted by molar-refractivity contribution is -0.157. The smallest absolute Gasteiger partial charge is 0.312 e. The minimum absolute atomic E-state index is 0.0238. The zero-order valence-corrected chi connectivity index (χ0v) is 15.8. The van der Waals surface area contributed by atoms with Gasteiger partial charge in [-0.25, -0.2) is 0 Å². The Morgan fingerprint density at radius 1 is 0.815 bits per heavy atom. The van der Waals surface area contributed by atoms with Gasteiger partial charge in [-0.1, -0.05) is 41.9 Å². The lowest BCUT2D eigenvalue weighted by Gasteiger charge is -2.42. The normalized spacial score (nSPS) is 19.6. The van der Waals surface area contributed by atoms with Crippen LogP contribution in [0.15, 0.2) is 54.6 Å². The van der Waals surface area contributed by atoms with Crippen LogP contribution in [0.25, 0.3) is 0 Å². The first kappa shape index (κ1) is 17.9. The van der Waals surface area contributed by atoms with Crippen molar-refractivity contribution in [3.63, 3.8) is 0 Å². The highest BCUT2D eigenvalue weighted by Gasteiger charge is 2.38. The highest BCUT2D eigenvalue weighted by Crippen LogP contribution is 2.34. The largest absolute Gasteiger partial charge is 0.368 e. The molecule has 2 heterocycles. The van der Waals surface area contributed by atoms with Gasteiger partial charge < -0.3 is 14.7 Å². The molecule has 1 unspecified atom stereocenters. The molecule has 2 aromatic carbocycles. The molecule has 0 aromatic heterocycles. The fourth-order valence-corrected chi connectivity index (χ4v) is 3.85. The summed E-state index contributed by atoms with van der Waals surface area (Å²) in [5.74, 6) is -0.782. The molecule has 0 N–H and O–H groups in total. The van der Waals surface area contributed by atoms with Gasteiger partial charge in [-0.05, 0) is 36.2 Å². The molecule has 5 nitrogen and oxygen atoms in total. The number of nitrogens with zero attached hydrogens (tertiary/aromatic N) is 3. The van der Waals surface area contributed by atoms with Gasteiger partial charge in [0.2, 0.25) is 0 Å². The van der Waals surface area contributed by atoms with Gasteiger partial charge in [-0.15, -0.1) is 0 Å². The van der Waals surface area contributed by atoms with E-state index < -0.39 is 5.91 Å². The standard InChI is InChI=1S/C21H22ClN3O2/c22-17-8-6-16(7-9-17)19-10-11-25(19)21(27)20(26)24-14-12-23(13-15-24)18-4-2-1-3-5-18/h1-9,19H,10-15H2. The maximum absolute atomic E-state index is 12.7. The second-order valence-corrected chi connectivity index (χ2v) is 7.41. The van der Waals surface area contributed by atoms with Crippen molar-refractivity contribution in [2.45, 2.75) is 12.5 Å². The maximum Gasteiger partial charge on any atom is 0.312 e. The van der Waals surface area contributed by atoms with E-state index in [-0.39, 0.29) is 11.9 Å². The van der Waals surface area contributed by atoms with Crippen LogP contribution in [0.5, 0.6) is 0 Å². The van der Waals surface area contributed by atoms with Gasteiger partial charge in [-0.2, -0.15) is 0 Å². The minimum atomic E-state index is -0.394. The van der Waals surface area contributed by atoms with E-state index in [1.807, 2.05) is 42.5 Å². The Kier molecular flexibility index (Phi) is 5.03. The number of halogens is 1. The average Bonchev–Trinajstić information content (AvgIpc) is 2.69. The van der Waals surface area contributed by atoms with Crippen molar-refractivity contribution in [1.82, 2.24) is 9.80 Å². The molecule has 6 heteroatoms. The molecule has 0 bridgehead atoms. The summed E-state index contributed by atoms with van der Waals surface area (Å²) in [5, 5.41) is 0.670. The van der Waals surface area contributed by atoms with Crippen molar-refractivity contribution in [1.29, 1.82) is 0 Å². The number of hydrogen-bond acceptors (Lipinski definition) is 3. The van der Waals surface area contributed by atoms with Gasteiger partial charge in [0, 0.05) is 43.4 Å². The highest BCUT2D eigenvalue weighted by molar-refractivity contribution is 6.35. The average molecular weight is 384 g/mol. The number of amides is 2. The van der Waals surface area contributed by atoms with E-state index in [4.69, 9.17) is 11.6 Å². The predicted octanol–water partition coefficient (Wildman–Crippen LogP) is 2.96. The zero-order valence-electron chi connectivity index (χ0n) is 15.1. The summed E-state index contributed by atoms with van der Waals surface area (Å²) in [7, 11) is 0. The quantitative estimate of drug-likeness (QED) is 0.749. The van der Waals surface area contributed by atoms with E-state index >= 15 is 0 Å². The third kappa shape index (κ3) is 3.65. The number of anilines is 1. The Hall–Kier alpha value is -2.53. The second kappa shape index (κ2) is 7.61. The van der Waals surface area contributed by atoms with Crippen LogP contribution in [0.1, 0.15) is 18.0 Å². The number of likely N-dealkylation sites (tertiary alicyclic amines) is 1. The fraction of sp³-hybridized carbons (Fsp3) is 0.333. The van der Waals surface area contributed by atoms with Crippen LogP contribution in [0, 0.1) is 0 Å². The summed E-state index contributed by atoms with van der Waals surface area (Å²) < 4.78 is 0. The molecular formula is C21H22ClN3O2. The van der Waals surface area contributed by atoms with Crippen LogP contribution in [-0.4, -0.2) is 54.3 Å². The van der Waals surface area contributed by atoms with Crippen LogP contribution >= 0.6 is 11.6 Å². The first-order chi connectivity index (χ1) is 13.1. The van der Waals surface area contributed by atoms with Crippen molar-refractivity contribution in [2.75, 3.05) is 37.6 Å². The summed E-state index contributed by atoms with van der Waals surface area (Å²) in [5.41, 5.74) is 2.18. The number of piperazine rings is 1. The molecule has 2 amide bonds. The summed E-state index contributed by atoms with van der Waals surface area (Å²) >= 11 is 5.94. The van der Waals surface area contributed by atoms with Crippen molar-refractivity contribution < 1.29 is 9.59 Å². The summed E-state index contributed by atoms with van der Waals surface area (Å²) in [4.78, 5) is 31.0. The molecule has 0 aliphatic carbocycles. The molecule has 4 rings (SSSR count). The van der Waals surface area contributed by atoms with E-state index in [9.17, 15) is 9.59 Å². The Labute approximate surface area is 164 Å². The number of rotatable bonds is 2. The number of benzene rings is 2. The molecule has 0 saturated carbocycles. The van der Waals surface area contributed by atoms with Crippen molar-refractivity contribution in [3.05, 3.63) is 65.2 Å². The van der Waals surface area contributed by atoms with Crippen LogP contribution in [0.2, 0.25) is 5.02 Å². The number of hydrogen-bond donors (Lipinski definition) is 0. The second-order valence-electron chi connectivity index (χ2n) is 6.97. The Morgan fingerprint density at radius 3 is 2.07 bits per heavy atom. The molecule has 0 radical (unpaired) electrons. The number of carbonyl (C=O) groups excluding carboxylic acids is 2. The Bertz CT molecular complexity index is 817. The third-order valence-electron chi connectivity index (χ3n) is 5.41. The molecule has 2 fully saturated rings. The van der Waals surface area contributed by atoms with Gasteiger partial charge in [-0.3, -0.25) is 9.59 Å². The van der Waals surface area contributed by atoms with Crippen LogP contribution in [0.4, 0.5) is 5.69 Å². The highest BCUT2D eigenvalue weighted by atomic mass is 35.5. The van der Waals surface area contributed by atoms with E-state index in [2.05, 4.69) is 17.0 Å². The zero-order chi connectivity index (χ0) is 18.8. The first-order valence-electron chi connectivity index (χ1n) is 9.29. The predicted molar refractivity (Wildman–Crippen MR) is 106 cm³/mol. The molecule has 0 spiro atoms.